The van der Waals surface area contributed by atoms with Crippen LogP contribution in [0.2, 0.25) is 10.0 Å². The van der Waals surface area contributed by atoms with E-state index in [2.05, 4.69) is 10.2 Å². The molecule has 1 aromatic carbocycles. The molecule has 0 bridgehead atoms. The predicted octanol–water partition coefficient (Wildman–Crippen LogP) is 4.63. The summed E-state index contributed by atoms with van der Waals surface area (Å²) in [5.41, 5.74) is 1.12. The van der Waals surface area contributed by atoms with E-state index >= 15 is 0 Å². The Balaban J connectivity index is 1.41. The van der Waals surface area contributed by atoms with Crippen LogP contribution in [-0.2, 0) is 11.3 Å². The summed E-state index contributed by atoms with van der Waals surface area (Å²) in [6.45, 7) is 2.60. The van der Waals surface area contributed by atoms with Crippen LogP contribution in [-0.4, -0.2) is 46.8 Å². The Hall–Kier alpha value is -1.25. The Bertz CT molecular complexity index is 851. The molecule has 0 saturated carbocycles. The molecular weight excluding hydrogens is 439 g/mol. The monoisotopic (exact) mass is 458 g/mol. The predicted molar refractivity (Wildman–Crippen MR) is 115 cm³/mol. The summed E-state index contributed by atoms with van der Waals surface area (Å²) in [6.07, 6.45) is 1.77. The van der Waals surface area contributed by atoms with Crippen molar-refractivity contribution in [1.29, 1.82) is 0 Å². The molecule has 2 aromatic rings. The largest absolute Gasteiger partial charge is 0.477 e. The van der Waals surface area contributed by atoms with E-state index in [0.29, 0.717) is 14.9 Å². The van der Waals surface area contributed by atoms with Gasteiger partial charge >= 0.3 is 5.97 Å². The Morgan fingerprint density at radius 1 is 1.21 bits per heavy atom. The summed E-state index contributed by atoms with van der Waals surface area (Å²) < 4.78 is 0. The first-order chi connectivity index (χ1) is 13.4. The van der Waals surface area contributed by atoms with Crippen LogP contribution in [0.15, 0.2) is 34.5 Å². The standard InChI is InChI=1S/C19H20Cl2N2O3S2/c20-14-2-1-12(9-15(14)21)10-23-6-3-13(4-7-23)22-17(24)11-28-16-5-8-27-18(16)19(25)26/h1-2,5,8-9,13H,3-4,6-7,10-11H2,(H,22,24)(H,25,26). The maximum atomic E-state index is 12.2. The average Bonchev–Trinajstić information content (AvgIpc) is 3.14. The Kier molecular flexibility index (Phi) is 7.65. The van der Waals surface area contributed by atoms with Gasteiger partial charge in [0.1, 0.15) is 4.88 Å². The van der Waals surface area contributed by atoms with Gasteiger partial charge in [0.2, 0.25) is 5.91 Å². The summed E-state index contributed by atoms with van der Waals surface area (Å²) in [5, 5.41) is 15.0. The summed E-state index contributed by atoms with van der Waals surface area (Å²) >= 11 is 14.5. The highest BCUT2D eigenvalue weighted by Gasteiger charge is 2.21. The van der Waals surface area contributed by atoms with E-state index in [9.17, 15) is 9.59 Å². The van der Waals surface area contributed by atoms with Gasteiger partial charge in [-0.25, -0.2) is 4.79 Å². The summed E-state index contributed by atoms with van der Waals surface area (Å²) in [7, 11) is 0. The molecule has 0 unspecified atom stereocenters. The molecule has 0 aliphatic carbocycles. The topological polar surface area (TPSA) is 69.6 Å². The van der Waals surface area contributed by atoms with E-state index < -0.39 is 5.97 Å². The Morgan fingerprint density at radius 3 is 2.64 bits per heavy atom. The number of thioether (sulfide) groups is 1. The Labute approximate surface area is 182 Å². The minimum absolute atomic E-state index is 0.0597. The maximum absolute atomic E-state index is 12.2. The number of nitrogens with zero attached hydrogens (tertiary/aromatic N) is 1. The second kappa shape index (κ2) is 9.98. The fraction of sp³-hybridized carbons (Fsp3) is 0.368. The number of amides is 1. The van der Waals surface area contributed by atoms with Gasteiger partial charge in [0.05, 0.1) is 15.8 Å². The summed E-state index contributed by atoms with van der Waals surface area (Å²) in [6, 6.07) is 7.58. The number of nitrogens with one attached hydrogen (secondary N) is 1. The van der Waals surface area contributed by atoms with Crippen molar-refractivity contribution < 1.29 is 14.7 Å². The highest BCUT2D eigenvalue weighted by Crippen LogP contribution is 2.27. The molecule has 0 atom stereocenters. The normalized spacial score (nSPS) is 15.5. The third-order valence-electron chi connectivity index (χ3n) is 4.52. The molecule has 0 radical (unpaired) electrons. The number of carbonyl (C=O) groups excluding carboxylic acids is 1. The maximum Gasteiger partial charge on any atom is 0.347 e. The highest BCUT2D eigenvalue weighted by molar-refractivity contribution is 8.00. The van der Waals surface area contributed by atoms with Crippen molar-refractivity contribution in [2.75, 3.05) is 18.8 Å². The second-order valence-corrected chi connectivity index (χ2v) is 9.32. The minimum atomic E-state index is -0.952. The molecule has 28 heavy (non-hydrogen) atoms. The molecule has 1 fully saturated rings. The lowest BCUT2D eigenvalue weighted by Crippen LogP contribution is -2.44. The van der Waals surface area contributed by atoms with E-state index in [1.807, 2.05) is 18.2 Å². The summed E-state index contributed by atoms with van der Waals surface area (Å²) in [4.78, 5) is 26.6. The van der Waals surface area contributed by atoms with Crippen molar-refractivity contribution in [2.24, 2.45) is 0 Å². The number of carboxylic acid groups (broad SMARTS) is 1. The lowest BCUT2D eigenvalue weighted by Gasteiger charge is -2.32. The number of benzene rings is 1. The quantitative estimate of drug-likeness (QED) is 0.591. The molecule has 1 aliphatic heterocycles. The van der Waals surface area contributed by atoms with Crippen LogP contribution in [0.1, 0.15) is 28.1 Å². The number of carboxylic acids is 1. The van der Waals surface area contributed by atoms with Crippen LogP contribution in [0.5, 0.6) is 0 Å². The SMILES string of the molecule is O=C(CSc1ccsc1C(=O)O)NC1CCN(Cc2ccc(Cl)c(Cl)c2)CC1. The van der Waals surface area contributed by atoms with E-state index in [1.54, 1.807) is 11.4 Å². The number of rotatable bonds is 7. The third kappa shape index (κ3) is 5.87. The smallest absolute Gasteiger partial charge is 0.347 e. The van der Waals surface area contributed by atoms with Gasteiger partial charge in [-0.15, -0.1) is 23.1 Å². The fourth-order valence-electron chi connectivity index (χ4n) is 3.11. The van der Waals surface area contributed by atoms with E-state index in [1.165, 1.54) is 23.1 Å². The van der Waals surface area contributed by atoms with Crippen molar-refractivity contribution >= 4 is 58.2 Å². The number of hydrogen-bond donors (Lipinski definition) is 2. The number of piperidine rings is 1. The van der Waals surface area contributed by atoms with E-state index in [-0.39, 0.29) is 22.6 Å². The molecule has 9 heteroatoms. The van der Waals surface area contributed by atoms with Crippen molar-refractivity contribution in [3.63, 3.8) is 0 Å². The van der Waals surface area contributed by atoms with Gasteiger partial charge < -0.3 is 10.4 Å². The van der Waals surface area contributed by atoms with Gasteiger partial charge in [-0.1, -0.05) is 29.3 Å². The van der Waals surface area contributed by atoms with Crippen LogP contribution in [0.3, 0.4) is 0 Å². The van der Waals surface area contributed by atoms with Crippen LogP contribution in [0.4, 0.5) is 0 Å². The third-order valence-corrected chi connectivity index (χ3v) is 7.35. The van der Waals surface area contributed by atoms with Crippen LogP contribution in [0.25, 0.3) is 0 Å². The van der Waals surface area contributed by atoms with Gasteiger partial charge in [-0.2, -0.15) is 0 Å². The zero-order valence-corrected chi connectivity index (χ0v) is 18.1. The first kappa shape index (κ1) is 21.5. The van der Waals surface area contributed by atoms with Crippen LogP contribution < -0.4 is 5.32 Å². The molecule has 1 aromatic heterocycles. The number of halogens is 2. The molecule has 2 N–H and O–H groups in total. The first-order valence-corrected chi connectivity index (χ1v) is 11.4. The summed E-state index contributed by atoms with van der Waals surface area (Å²) in [5.74, 6) is -0.789. The highest BCUT2D eigenvalue weighted by atomic mass is 35.5. The van der Waals surface area contributed by atoms with E-state index in [0.717, 1.165) is 38.0 Å². The van der Waals surface area contributed by atoms with Gasteiger partial charge in [0, 0.05) is 30.6 Å². The number of likely N-dealkylation sites (tertiary alicyclic amines) is 1. The molecular formula is C19H20Cl2N2O3S2. The number of aromatic carboxylic acids is 1. The number of hydrogen-bond acceptors (Lipinski definition) is 5. The second-order valence-electron chi connectivity index (χ2n) is 6.57. The molecule has 3 rings (SSSR count). The van der Waals surface area contributed by atoms with E-state index in [4.69, 9.17) is 28.3 Å². The fourth-order valence-corrected chi connectivity index (χ4v) is 5.22. The zero-order valence-electron chi connectivity index (χ0n) is 15.0. The lowest BCUT2D eigenvalue weighted by atomic mass is 10.0. The van der Waals surface area contributed by atoms with Gasteiger partial charge in [0.25, 0.3) is 0 Å². The minimum Gasteiger partial charge on any atom is -0.477 e. The zero-order chi connectivity index (χ0) is 20.1. The molecule has 1 amide bonds. The molecule has 2 heterocycles. The number of thiophene rings is 1. The molecule has 5 nitrogen and oxygen atoms in total. The molecule has 1 aliphatic rings. The van der Waals surface area contributed by atoms with Gasteiger partial charge in [-0.3, -0.25) is 9.69 Å². The lowest BCUT2D eigenvalue weighted by molar-refractivity contribution is -0.119. The average molecular weight is 459 g/mol. The first-order valence-electron chi connectivity index (χ1n) is 8.81. The van der Waals surface area contributed by atoms with Crippen molar-refractivity contribution in [2.45, 2.75) is 30.3 Å². The van der Waals surface area contributed by atoms with Crippen molar-refractivity contribution in [3.05, 3.63) is 50.1 Å². The Morgan fingerprint density at radius 2 is 1.96 bits per heavy atom. The molecule has 0 spiro atoms. The van der Waals surface area contributed by atoms with Gasteiger partial charge in [0.15, 0.2) is 0 Å². The van der Waals surface area contributed by atoms with Crippen LogP contribution in [0, 0.1) is 0 Å². The van der Waals surface area contributed by atoms with Gasteiger partial charge in [-0.05, 0) is 42.0 Å². The van der Waals surface area contributed by atoms with Crippen molar-refractivity contribution in [1.82, 2.24) is 10.2 Å². The molecule has 150 valence electrons. The molecule has 1 saturated heterocycles. The van der Waals surface area contributed by atoms with Crippen LogP contribution >= 0.6 is 46.3 Å². The van der Waals surface area contributed by atoms with Crippen molar-refractivity contribution in [3.8, 4) is 0 Å². The number of carbonyl (C=O) groups is 2.